The summed E-state index contributed by atoms with van der Waals surface area (Å²) in [6.07, 6.45) is 1.15. The standard InChI is InChI=1S/C14H22N2O/c1-11-7-13(15)10-16(8-11)9-12-3-5-14(17-2)6-4-12/h3-6,11,13H,7-10,15H2,1-2H3. The van der Waals surface area contributed by atoms with Crippen LogP contribution >= 0.6 is 0 Å². The van der Waals surface area contributed by atoms with Crippen molar-refractivity contribution < 1.29 is 4.74 Å². The summed E-state index contributed by atoms with van der Waals surface area (Å²) in [5.41, 5.74) is 7.38. The fraction of sp³-hybridized carbons (Fsp3) is 0.571. The highest BCUT2D eigenvalue weighted by Crippen LogP contribution is 2.18. The average molecular weight is 234 g/mol. The lowest BCUT2D eigenvalue weighted by Gasteiger charge is -2.34. The van der Waals surface area contributed by atoms with Crippen LogP contribution in [-0.2, 0) is 6.54 Å². The molecule has 2 atom stereocenters. The van der Waals surface area contributed by atoms with Crippen molar-refractivity contribution in [2.24, 2.45) is 11.7 Å². The predicted molar refractivity (Wildman–Crippen MR) is 70.0 cm³/mol. The highest BCUT2D eigenvalue weighted by atomic mass is 16.5. The fourth-order valence-corrected chi connectivity index (χ4v) is 2.63. The molecule has 1 fully saturated rings. The maximum absolute atomic E-state index is 6.05. The molecule has 94 valence electrons. The zero-order valence-corrected chi connectivity index (χ0v) is 10.7. The van der Waals surface area contributed by atoms with E-state index in [2.05, 4.69) is 24.0 Å². The molecule has 3 heteroatoms. The highest BCUT2D eigenvalue weighted by molar-refractivity contribution is 5.27. The molecule has 0 aliphatic carbocycles. The van der Waals surface area contributed by atoms with E-state index in [9.17, 15) is 0 Å². The molecule has 1 heterocycles. The van der Waals surface area contributed by atoms with Gasteiger partial charge in [-0.1, -0.05) is 19.1 Å². The lowest BCUT2D eigenvalue weighted by Crippen LogP contribution is -2.45. The summed E-state index contributed by atoms with van der Waals surface area (Å²) in [6, 6.07) is 8.62. The number of nitrogens with zero attached hydrogens (tertiary/aromatic N) is 1. The minimum Gasteiger partial charge on any atom is -0.497 e. The Labute approximate surface area is 104 Å². The van der Waals surface area contributed by atoms with Crippen LogP contribution in [0.1, 0.15) is 18.9 Å². The van der Waals surface area contributed by atoms with Crippen molar-refractivity contribution in [1.82, 2.24) is 4.90 Å². The van der Waals surface area contributed by atoms with Gasteiger partial charge in [0.25, 0.3) is 0 Å². The molecule has 1 aromatic rings. The maximum Gasteiger partial charge on any atom is 0.118 e. The molecule has 3 nitrogen and oxygen atoms in total. The smallest absolute Gasteiger partial charge is 0.118 e. The summed E-state index contributed by atoms with van der Waals surface area (Å²) in [4.78, 5) is 2.45. The Kier molecular flexibility index (Phi) is 4.02. The van der Waals surface area contributed by atoms with E-state index in [-0.39, 0.29) is 0 Å². The Morgan fingerprint density at radius 3 is 2.59 bits per heavy atom. The molecule has 2 rings (SSSR count). The van der Waals surface area contributed by atoms with Crippen LogP contribution in [0.15, 0.2) is 24.3 Å². The normalized spacial score (nSPS) is 25.8. The largest absolute Gasteiger partial charge is 0.497 e. The lowest BCUT2D eigenvalue weighted by molar-refractivity contribution is 0.158. The summed E-state index contributed by atoms with van der Waals surface area (Å²) in [5, 5.41) is 0. The van der Waals surface area contributed by atoms with E-state index in [0.29, 0.717) is 12.0 Å². The summed E-state index contributed by atoms with van der Waals surface area (Å²) in [5.74, 6) is 1.62. The zero-order chi connectivity index (χ0) is 12.3. The molecule has 1 aliphatic heterocycles. The molecular weight excluding hydrogens is 212 g/mol. The SMILES string of the molecule is COc1ccc(CN2CC(C)CC(N)C2)cc1. The van der Waals surface area contributed by atoms with Crippen LogP contribution in [0.5, 0.6) is 5.75 Å². The second kappa shape index (κ2) is 5.52. The van der Waals surface area contributed by atoms with Crippen LogP contribution < -0.4 is 10.5 Å². The number of rotatable bonds is 3. The van der Waals surface area contributed by atoms with Crippen LogP contribution in [0.4, 0.5) is 0 Å². The third-order valence-corrected chi connectivity index (χ3v) is 3.33. The first-order valence-electron chi connectivity index (χ1n) is 6.28. The van der Waals surface area contributed by atoms with Crippen molar-refractivity contribution in [3.8, 4) is 5.75 Å². The van der Waals surface area contributed by atoms with E-state index in [1.807, 2.05) is 12.1 Å². The molecule has 0 radical (unpaired) electrons. The number of ether oxygens (including phenoxy) is 1. The number of hydrogen-bond acceptors (Lipinski definition) is 3. The Hall–Kier alpha value is -1.06. The third kappa shape index (κ3) is 3.45. The molecule has 0 amide bonds. The Morgan fingerprint density at radius 1 is 1.29 bits per heavy atom. The number of piperidine rings is 1. The first-order chi connectivity index (χ1) is 8.17. The zero-order valence-electron chi connectivity index (χ0n) is 10.7. The minimum absolute atomic E-state index is 0.331. The first kappa shape index (κ1) is 12.4. The first-order valence-corrected chi connectivity index (χ1v) is 6.28. The molecule has 1 saturated heterocycles. The Bertz CT molecular complexity index is 340. The molecule has 1 aromatic carbocycles. The monoisotopic (exact) mass is 234 g/mol. The molecule has 0 spiro atoms. The topological polar surface area (TPSA) is 38.5 Å². The maximum atomic E-state index is 6.05. The van der Waals surface area contributed by atoms with E-state index >= 15 is 0 Å². The van der Waals surface area contributed by atoms with Crippen LogP contribution in [0.2, 0.25) is 0 Å². The molecule has 0 bridgehead atoms. The summed E-state index contributed by atoms with van der Waals surface area (Å²) < 4.78 is 5.16. The van der Waals surface area contributed by atoms with Gasteiger partial charge < -0.3 is 10.5 Å². The van der Waals surface area contributed by atoms with Gasteiger partial charge in [-0.25, -0.2) is 0 Å². The van der Waals surface area contributed by atoms with Gasteiger partial charge in [-0.2, -0.15) is 0 Å². The van der Waals surface area contributed by atoms with Gasteiger partial charge in [0.15, 0.2) is 0 Å². The van der Waals surface area contributed by atoms with Crippen molar-refractivity contribution in [3.63, 3.8) is 0 Å². The number of likely N-dealkylation sites (tertiary alicyclic amines) is 1. The van der Waals surface area contributed by atoms with Crippen molar-refractivity contribution in [3.05, 3.63) is 29.8 Å². The van der Waals surface area contributed by atoms with E-state index in [1.165, 1.54) is 5.56 Å². The lowest BCUT2D eigenvalue weighted by atomic mass is 9.96. The van der Waals surface area contributed by atoms with E-state index in [1.54, 1.807) is 7.11 Å². The predicted octanol–water partition coefficient (Wildman–Crippen LogP) is 1.86. The van der Waals surface area contributed by atoms with Crippen molar-refractivity contribution >= 4 is 0 Å². The molecule has 0 saturated carbocycles. The second-order valence-corrected chi connectivity index (χ2v) is 5.14. The van der Waals surface area contributed by atoms with Gasteiger partial charge in [-0.05, 0) is 30.0 Å². The van der Waals surface area contributed by atoms with Crippen LogP contribution in [0.3, 0.4) is 0 Å². The molecule has 17 heavy (non-hydrogen) atoms. The van der Waals surface area contributed by atoms with Crippen LogP contribution in [-0.4, -0.2) is 31.1 Å². The van der Waals surface area contributed by atoms with Crippen LogP contribution in [0.25, 0.3) is 0 Å². The van der Waals surface area contributed by atoms with Gasteiger partial charge in [-0.3, -0.25) is 4.90 Å². The van der Waals surface area contributed by atoms with Gasteiger partial charge in [0, 0.05) is 25.7 Å². The fourth-order valence-electron chi connectivity index (χ4n) is 2.63. The Balaban J connectivity index is 1.95. The van der Waals surface area contributed by atoms with E-state index in [0.717, 1.165) is 31.8 Å². The molecule has 2 N–H and O–H groups in total. The van der Waals surface area contributed by atoms with Crippen molar-refractivity contribution in [2.45, 2.75) is 25.9 Å². The average Bonchev–Trinajstić information content (AvgIpc) is 2.28. The number of nitrogens with two attached hydrogens (primary N) is 1. The van der Waals surface area contributed by atoms with E-state index in [4.69, 9.17) is 10.5 Å². The van der Waals surface area contributed by atoms with Gasteiger partial charge in [-0.15, -0.1) is 0 Å². The third-order valence-electron chi connectivity index (χ3n) is 3.33. The van der Waals surface area contributed by atoms with Gasteiger partial charge in [0.05, 0.1) is 7.11 Å². The number of hydrogen-bond donors (Lipinski definition) is 1. The quantitative estimate of drug-likeness (QED) is 0.867. The minimum atomic E-state index is 0.331. The van der Waals surface area contributed by atoms with Gasteiger partial charge in [0.1, 0.15) is 5.75 Å². The highest BCUT2D eigenvalue weighted by Gasteiger charge is 2.21. The molecular formula is C14H22N2O. The van der Waals surface area contributed by atoms with Crippen molar-refractivity contribution in [1.29, 1.82) is 0 Å². The van der Waals surface area contributed by atoms with Gasteiger partial charge in [0.2, 0.25) is 0 Å². The molecule has 1 aliphatic rings. The summed E-state index contributed by atoms with van der Waals surface area (Å²) >= 11 is 0. The Morgan fingerprint density at radius 2 is 2.00 bits per heavy atom. The second-order valence-electron chi connectivity index (χ2n) is 5.14. The van der Waals surface area contributed by atoms with Gasteiger partial charge >= 0.3 is 0 Å². The van der Waals surface area contributed by atoms with E-state index < -0.39 is 0 Å². The molecule has 2 unspecified atom stereocenters. The van der Waals surface area contributed by atoms with Crippen LogP contribution in [0, 0.1) is 5.92 Å². The summed E-state index contributed by atoms with van der Waals surface area (Å²) in [7, 11) is 1.69. The molecule has 0 aromatic heterocycles. The number of benzene rings is 1. The summed E-state index contributed by atoms with van der Waals surface area (Å²) in [6.45, 7) is 5.43. The number of methoxy groups -OCH3 is 1. The van der Waals surface area contributed by atoms with Crippen molar-refractivity contribution in [2.75, 3.05) is 20.2 Å².